The molecule has 2 heterocycles. The highest BCUT2D eigenvalue weighted by atomic mass is 19.1. The van der Waals surface area contributed by atoms with E-state index in [2.05, 4.69) is 26.8 Å². The summed E-state index contributed by atoms with van der Waals surface area (Å²) in [4.78, 5) is 27.5. The van der Waals surface area contributed by atoms with Crippen LogP contribution in [0.3, 0.4) is 0 Å². The topological polar surface area (TPSA) is 98.7 Å². The van der Waals surface area contributed by atoms with E-state index in [1.807, 2.05) is 18.9 Å². The van der Waals surface area contributed by atoms with Gasteiger partial charge in [0.05, 0.1) is 32.2 Å². The van der Waals surface area contributed by atoms with Crippen molar-refractivity contribution < 1.29 is 27.8 Å². The van der Waals surface area contributed by atoms with E-state index in [4.69, 9.17) is 14.2 Å². The van der Waals surface area contributed by atoms with Gasteiger partial charge in [-0.15, -0.1) is 0 Å². The Labute approximate surface area is 244 Å². The Morgan fingerprint density at radius 3 is 2.50 bits per heavy atom. The summed E-state index contributed by atoms with van der Waals surface area (Å²) in [5, 5.41) is 3.13. The van der Waals surface area contributed by atoms with E-state index in [9.17, 15) is 13.6 Å². The Hall–Kier alpha value is -4.54. The second-order valence-corrected chi connectivity index (χ2v) is 9.79. The minimum atomic E-state index is -0.663. The van der Waals surface area contributed by atoms with Crippen LogP contribution in [0.5, 0.6) is 11.5 Å². The van der Waals surface area contributed by atoms with Gasteiger partial charge < -0.3 is 24.4 Å². The number of esters is 1. The molecule has 0 saturated heterocycles. The average Bonchev–Trinajstić information content (AvgIpc) is 3.80. The van der Waals surface area contributed by atoms with Gasteiger partial charge in [0.25, 0.3) is 0 Å². The Kier molecular flexibility index (Phi) is 9.72. The van der Waals surface area contributed by atoms with Crippen molar-refractivity contribution in [2.45, 2.75) is 40.2 Å². The summed E-state index contributed by atoms with van der Waals surface area (Å²) in [6, 6.07) is 4.04. The van der Waals surface area contributed by atoms with Crippen molar-refractivity contribution in [1.82, 2.24) is 19.9 Å². The van der Waals surface area contributed by atoms with E-state index in [0.29, 0.717) is 35.3 Å². The molecule has 2 aromatic heterocycles. The molecule has 1 aliphatic carbocycles. The van der Waals surface area contributed by atoms with Gasteiger partial charge in [-0.05, 0) is 51.2 Å². The number of allylic oxidation sites excluding steroid dienone is 3. The summed E-state index contributed by atoms with van der Waals surface area (Å²) >= 11 is 0. The number of pyridine rings is 1. The molecule has 0 spiro atoms. The highest BCUT2D eigenvalue weighted by molar-refractivity contribution is 5.96. The van der Waals surface area contributed by atoms with Crippen LogP contribution in [-0.2, 0) is 11.3 Å². The molecule has 0 aliphatic heterocycles. The summed E-state index contributed by atoms with van der Waals surface area (Å²) in [6.45, 7) is 10.2. The summed E-state index contributed by atoms with van der Waals surface area (Å²) < 4.78 is 45.6. The number of methoxy groups -OCH3 is 1. The maximum Gasteiger partial charge on any atom is 0.341 e. The van der Waals surface area contributed by atoms with Gasteiger partial charge in [-0.3, -0.25) is 4.98 Å². The van der Waals surface area contributed by atoms with Crippen molar-refractivity contribution in [1.29, 1.82) is 0 Å². The predicted molar refractivity (Wildman–Crippen MR) is 156 cm³/mol. The molecule has 1 aromatic carbocycles. The summed E-state index contributed by atoms with van der Waals surface area (Å²) in [5.41, 5.74) is 2.89. The van der Waals surface area contributed by atoms with Gasteiger partial charge in [-0.1, -0.05) is 6.58 Å². The van der Waals surface area contributed by atoms with E-state index in [1.54, 1.807) is 26.1 Å². The Bertz CT molecular complexity index is 1480. The zero-order chi connectivity index (χ0) is 30.4. The normalized spacial score (nSPS) is 13.2. The lowest BCUT2D eigenvalue weighted by Gasteiger charge is -2.26. The summed E-state index contributed by atoms with van der Waals surface area (Å²) in [5.74, 6) is -0.485. The van der Waals surface area contributed by atoms with Gasteiger partial charge in [-0.25, -0.2) is 23.5 Å². The van der Waals surface area contributed by atoms with Gasteiger partial charge in [0.1, 0.15) is 22.9 Å². The zero-order valence-corrected chi connectivity index (χ0v) is 24.5. The molecule has 1 aliphatic rings. The number of carbonyl (C=O) groups is 1. The molecule has 0 amide bonds. The Morgan fingerprint density at radius 1 is 1.17 bits per heavy atom. The van der Waals surface area contributed by atoms with Crippen LogP contribution in [0, 0.1) is 17.6 Å². The molecular formula is C31H35F2N5O4. The average molecular weight is 580 g/mol. The van der Waals surface area contributed by atoms with Gasteiger partial charge >= 0.3 is 5.97 Å². The molecule has 222 valence electrons. The number of aromatic nitrogens is 3. The fourth-order valence-corrected chi connectivity index (χ4v) is 4.64. The Morgan fingerprint density at radius 2 is 1.88 bits per heavy atom. The smallest absolute Gasteiger partial charge is 0.341 e. The fourth-order valence-electron chi connectivity index (χ4n) is 4.64. The van der Waals surface area contributed by atoms with Crippen LogP contribution in [0.25, 0.3) is 5.57 Å². The lowest BCUT2D eigenvalue weighted by molar-refractivity contribution is 0.0527. The van der Waals surface area contributed by atoms with E-state index in [-0.39, 0.29) is 35.9 Å². The minimum absolute atomic E-state index is 0.0233. The maximum absolute atomic E-state index is 14.9. The number of hydrogen-bond donors (Lipinski definition) is 1. The van der Waals surface area contributed by atoms with Crippen molar-refractivity contribution in [3.63, 3.8) is 0 Å². The summed E-state index contributed by atoms with van der Waals surface area (Å²) in [7, 11) is 3.30. The number of nitrogens with one attached hydrogen (secondary N) is 1. The zero-order valence-electron chi connectivity index (χ0n) is 24.5. The lowest BCUT2D eigenvalue weighted by Crippen LogP contribution is -2.22. The van der Waals surface area contributed by atoms with E-state index in [0.717, 1.165) is 24.1 Å². The molecule has 0 unspecified atom stereocenters. The molecular weight excluding hydrogens is 544 g/mol. The van der Waals surface area contributed by atoms with Gasteiger partial charge in [0.15, 0.2) is 17.4 Å². The van der Waals surface area contributed by atoms with Crippen LogP contribution in [0.2, 0.25) is 0 Å². The quantitative estimate of drug-likeness (QED) is 0.185. The maximum atomic E-state index is 14.9. The molecule has 0 atom stereocenters. The first-order chi connectivity index (χ1) is 20.2. The number of rotatable bonds is 13. The molecule has 0 radical (unpaired) electrons. The van der Waals surface area contributed by atoms with Crippen molar-refractivity contribution in [2.75, 3.05) is 32.7 Å². The number of hydrogen-bond acceptors (Lipinski definition) is 9. The van der Waals surface area contributed by atoms with Crippen molar-refractivity contribution in [3.05, 3.63) is 83.2 Å². The standard InChI is InChI=1S/C31H35F2N5O4/c1-7-41-21-13-24(32)23(25(33)14-21)17-38(5)28(20-9-10-20)18(3)19(4)29-35-16-27(40-6)30(37-29)36-26-11-12-34-15-22(26)31(39)42-8-2/h11-16,20H,4,7-10,17H2,1-3,5-6H3,(H,34,35,36,37)/b28-18-. The highest BCUT2D eigenvalue weighted by Crippen LogP contribution is 2.42. The minimum Gasteiger partial charge on any atom is -0.494 e. The number of nitrogens with zero attached hydrogens (tertiary/aromatic N) is 4. The van der Waals surface area contributed by atoms with Crippen LogP contribution in [-0.4, -0.2) is 53.2 Å². The molecule has 42 heavy (non-hydrogen) atoms. The number of anilines is 2. The van der Waals surface area contributed by atoms with Gasteiger partial charge in [-0.2, -0.15) is 0 Å². The third kappa shape index (κ3) is 6.84. The summed E-state index contributed by atoms with van der Waals surface area (Å²) in [6.07, 6.45) is 6.37. The predicted octanol–water partition coefficient (Wildman–Crippen LogP) is 6.31. The molecule has 0 bridgehead atoms. The molecule has 9 nitrogen and oxygen atoms in total. The van der Waals surface area contributed by atoms with Crippen LogP contribution in [0.4, 0.5) is 20.3 Å². The third-order valence-corrected chi connectivity index (χ3v) is 6.85. The van der Waals surface area contributed by atoms with Crippen molar-refractivity contribution >= 4 is 23.0 Å². The lowest BCUT2D eigenvalue weighted by atomic mass is 10.0. The fraction of sp³-hybridized carbons (Fsp3) is 0.355. The van der Waals surface area contributed by atoms with Crippen LogP contribution < -0.4 is 14.8 Å². The number of halogens is 2. The van der Waals surface area contributed by atoms with E-state index >= 15 is 0 Å². The van der Waals surface area contributed by atoms with E-state index in [1.165, 1.54) is 31.6 Å². The molecule has 4 rings (SSSR count). The van der Waals surface area contributed by atoms with Crippen molar-refractivity contribution in [3.8, 4) is 11.5 Å². The second kappa shape index (κ2) is 13.4. The molecule has 1 saturated carbocycles. The molecule has 1 fully saturated rings. The number of ether oxygens (including phenoxy) is 3. The third-order valence-electron chi connectivity index (χ3n) is 6.85. The van der Waals surface area contributed by atoms with Crippen LogP contribution >= 0.6 is 0 Å². The monoisotopic (exact) mass is 579 g/mol. The molecule has 1 N–H and O–H groups in total. The van der Waals surface area contributed by atoms with Gasteiger partial charge in [0.2, 0.25) is 0 Å². The van der Waals surface area contributed by atoms with E-state index < -0.39 is 17.6 Å². The number of benzene rings is 1. The second-order valence-electron chi connectivity index (χ2n) is 9.79. The molecule has 11 heteroatoms. The van der Waals surface area contributed by atoms with Crippen molar-refractivity contribution in [2.24, 2.45) is 5.92 Å². The first-order valence-corrected chi connectivity index (χ1v) is 13.7. The first-order valence-electron chi connectivity index (χ1n) is 13.7. The first kappa shape index (κ1) is 30.4. The van der Waals surface area contributed by atoms with Gasteiger partial charge in [0, 0.05) is 55.0 Å². The Balaban J connectivity index is 1.64. The number of carbonyl (C=O) groups excluding carboxylic acids is 1. The highest BCUT2D eigenvalue weighted by Gasteiger charge is 2.32. The largest absolute Gasteiger partial charge is 0.494 e. The molecule has 3 aromatic rings. The van der Waals surface area contributed by atoms with Crippen LogP contribution in [0.1, 0.15) is 55.4 Å². The SMILES string of the molecule is C=C(/C(C)=C(/C1CC1)N(C)Cc1c(F)cc(OCC)cc1F)c1ncc(OC)c(Nc2ccncc2C(=O)OCC)n1. The van der Waals surface area contributed by atoms with Crippen LogP contribution in [0.15, 0.2) is 54.6 Å².